The molecule has 0 amide bonds. The molecular formula is C11H12FeO3. The summed E-state index contributed by atoms with van der Waals surface area (Å²) in [5, 5.41) is 0. The maximum Gasteiger partial charge on any atom is 0 e. The molecule has 1 rings (SSSR count). The van der Waals surface area contributed by atoms with Gasteiger partial charge in [-0.1, -0.05) is 24.3 Å². The van der Waals surface area contributed by atoms with Crippen LogP contribution in [0.25, 0.3) is 0 Å². The molecule has 0 spiro atoms. The van der Waals surface area contributed by atoms with E-state index in [4.69, 9.17) is 14.0 Å². The monoisotopic (exact) mass is 248 g/mol. The average molecular weight is 248 g/mol. The molecule has 0 aromatic heterocycles. The molecule has 0 unspecified atom stereocenters. The summed E-state index contributed by atoms with van der Waals surface area (Å²) in [5.41, 5.74) is 0. The smallest absolute Gasteiger partial charge is 0 e. The van der Waals surface area contributed by atoms with Gasteiger partial charge >= 0.3 is 33.9 Å². The Kier molecular flexibility index (Phi) is 60.1. The van der Waals surface area contributed by atoms with E-state index in [9.17, 15) is 0 Å². The van der Waals surface area contributed by atoms with Gasteiger partial charge < -0.3 is 0 Å². The van der Waals surface area contributed by atoms with Crippen LogP contribution in [0.1, 0.15) is 25.7 Å². The molecule has 0 heterocycles. The zero-order valence-corrected chi connectivity index (χ0v) is 9.32. The van der Waals surface area contributed by atoms with Gasteiger partial charge in [-0.3, -0.25) is 0 Å². The molecule has 15 heavy (non-hydrogen) atoms. The summed E-state index contributed by atoms with van der Waals surface area (Å²) >= 11 is 0. The second kappa shape index (κ2) is 37.9. The molecule has 0 saturated carbocycles. The Morgan fingerprint density at radius 1 is 0.667 bits per heavy atom. The van der Waals surface area contributed by atoms with Gasteiger partial charge in [-0.15, -0.1) is 0 Å². The fourth-order valence-corrected chi connectivity index (χ4v) is 0.874. The standard InChI is InChI=1S/C8H12.3CO.Fe/c1-2-4-6-8-7-5-3-1;3*1-2;/h1-4H,5-8H2;;;;. The summed E-state index contributed by atoms with van der Waals surface area (Å²) < 4.78 is 22.5. The number of hydrogen-bond donors (Lipinski definition) is 0. The van der Waals surface area contributed by atoms with Gasteiger partial charge in [-0.2, -0.15) is 0 Å². The SMILES string of the molecule is C1=CCCCCC=C1.[C-]#[O+].[C-]#[O+].[C-]#[O+].[Fe]. The minimum atomic E-state index is 0. The van der Waals surface area contributed by atoms with Crippen molar-refractivity contribution in [2.45, 2.75) is 25.7 Å². The summed E-state index contributed by atoms with van der Waals surface area (Å²) in [6, 6.07) is 0. The first-order chi connectivity index (χ1) is 7.00. The second-order valence-electron chi connectivity index (χ2n) is 2.14. The van der Waals surface area contributed by atoms with Gasteiger partial charge in [-0.05, 0) is 25.7 Å². The maximum atomic E-state index is 7.50. The van der Waals surface area contributed by atoms with Crippen LogP contribution >= 0.6 is 0 Å². The zero-order chi connectivity index (χ0) is 11.7. The van der Waals surface area contributed by atoms with Crippen LogP contribution < -0.4 is 0 Å². The Labute approximate surface area is 101 Å². The normalized spacial score (nSPS) is 11.1. The van der Waals surface area contributed by atoms with Crippen LogP contribution in [0.5, 0.6) is 0 Å². The molecule has 0 saturated heterocycles. The molecular weight excluding hydrogens is 236 g/mol. The van der Waals surface area contributed by atoms with Crippen LogP contribution in [0.4, 0.5) is 0 Å². The molecule has 0 bridgehead atoms. The summed E-state index contributed by atoms with van der Waals surface area (Å²) in [6.45, 7) is 13.5. The van der Waals surface area contributed by atoms with E-state index in [1.165, 1.54) is 25.7 Å². The summed E-state index contributed by atoms with van der Waals surface area (Å²) in [7, 11) is 0. The fraction of sp³-hybridized carbons (Fsp3) is 0.364. The molecule has 0 N–H and O–H groups in total. The van der Waals surface area contributed by atoms with Crippen molar-refractivity contribution in [1.82, 2.24) is 0 Å². The van der Waals surface area contributed by atoms with E-state index in [1.54, 1.807) is 0 Å². The van der Waals surface area contributed by atoms with Crippen molar-refractivity contribution in [3.05, 3.63) is 44.3 Å². The van der Waals surface area contributed by atoms with Crippen molar-refractivity contribution in [1.29, 1.82) is 0 Å². The molecule has 0 atom stereocenters. The van der Waals surface area contributed by atoms with Gasteiger partial charge in [0.2, 0.25) is 0 Å². The van der Waals surface area contributed by atoms with Crippen LogP contribution in [0, 0.1) is 20.0 Å². The Morgan fingerprint density at radius 2 is 0.933 bits per heavy atom. The van der Waals surface area contributed by atoms with Gasteiger partial charge in [0.05, 0.1) is 0 Å². The molecule has 0 aromatic rings. The Hall–Kier alpha value is -0.781. The fourth-order valence-electron chi connectivity index (χ4n) is 0.874. The molecule has 0 aromatic carbocycles. The van der Waals surface area contributed by atoms with Crippen molar-refractivity contribution in [2.24, 2.45) is 0 Å². The second-order valence-corrected chi connectivity index (χ2v) is 2.14. The third kappa shape index (κ3) is 31.9. The summed E-state index contributed by atoms with van der Waals surface area (Å²) in [6.07, 6.45) is 14.0. The molecule has 82 valence electrons. The van der Waals surface area contributed by atoms with Crippen LogP contribution in [0.15, 0.2) is 24.3 Å². The van der Waals surface area contributed by atoms with E-state index in [1.807, 2.05) is 0 Å². The van der Waals surface area contributed by atoms with Crippen LogP contribution in [-0.4, -0.2) is 0 Å². The Morgan fingerprint density at radius 3 is 1.20 bits per heavy atom. The van der Waals surface area contributed by atoms with Crippen LogP contribution in [0.3, 0.4) is 0 Å². The van der Waals surface area contributed by atoms with Crippen molar-refractivity contribution >= 4 is 0 Å². The van der Waals surface area contributed by atoms with E-state index in [0.29, 0.717) is 0 Å². The van der Waals surface area contributed by atoms with E-state index >= 15 is 0 Å². The van der Waals surface area contributed by atoms with E-state index in [2.05, 4.69) is 44.3 Å². The van der Waals surface area contributed by atoms with Crippen molar-refractivity contribution in [3.8, 4) is 0 Å². The first-order valence-electron chi connectivity index (χ1n) is 3.93. The summed E-state index contributed by atoms with van der Waals surface area (Å²) in [5.74, 6) is 0. The molecule has 0 aliphatic heterocycles. The predicted octanol–water partition coefficient (Wildman–Crippen LogP) is 2.56. The van der Waals surface area contributed by atoms with Gasteiger partial charge in [-0.25, -0.2) is 0 Å². The molecule has 0 fully saturated rings. The molecule has 0 radical (unpaired) electrons. The van der Waals surface area contributed by atoms with E-state index < -0.39 is 0 Å². The molecule has 3 nitrogen and oxygen atoms in total. The largest absolute Gasteiger partial charge is 0 e. The third-order valence-electron chi connectivity index (χ3n) is 1.37. The summed E-state index contributed by atoms with van der Waals surface area (Å²) in [4.78, 5) is 0. The van der Waals surface area contributed by atoms with Gasteiger partial charge in [0, 0.05) is 17.1 Å². The molecule has 1 aliphatic carbocycles. The Balaban J connectivity index is -0.0000000755. The number of rotatable bonds is 0. The van der Waals surface area contributed by atoms with E-state index in [-0.39, 0.29) is 17.1 Å². The van der Waals surface area contributed by atoms with Gasteiger partial charge in [0.25, 0.3) is 0 Å². The van der Waals surface area contributed by atoms with Crippen LogP contribution in [0.2, 0.25) is 0 Å². The topological polar surface area (TPSA) is 59.7 Å². The van der Waals surface area contributed by atoms with Gasteiger partial charge in [0.1, 0.15) is 0 Å². The Bertz CT molecular complexity index is 173. The minimum Gasteiger partial charge on any atom is 0 e. The first-order valence-corrected chi connectivity index (χ1v) is 3.93. The van der Waals surface area contributed by atoms with Crippen molar-refractivity contribution in [3.63, 3.8) is 0 Å². The average Bonchev–Trinajstić information content (AvgIpc) is 2.26. The zero-order valence-electron chi connectivity index (χ0n) is 8.22. The number of allylic oxidation sites excluding steroid dienone is 4. The van der Waals surface area contributed by atoms with Crippen LogP contribution in [-0.2, 0) is 31.0 Å². The molecule has 4 heteroatoms. The predicted molar refractivity (Wildman–Crippen MR) is 48.5 cm³/mol. The van der Waals surface area contributed by atoms with E-state index in [0.717, 1.165) is 0 Å². The minimum absolute atomic E-state index is 0. The number of hydrogen-bond acceptors (Lipinski definition) is 0. The van der Waals surface area contributed by atoms with Crippen molar-refractivity contribution in [2.75, 3.05) is 0 Å². The van der Waals surface area contributed by atoms with Crippen molar-refractivity contribution < 1.29 is 31.0 Å². The third-order valence-corrected chi connectivity index (χ3v) is 1.37. The first kappa shape index (κ1) is 23.8. The molecule has 1 aliphatic rings. The maximum absolute atomic E-state index is 7.50. The quantitative estimate of drug-likeness (QED) is 0.359. The van der Waals surface area contributed by atoms with Gasteiger partial charge in [0.15, 0.2) is 0 Å².